The summed E-state index contributed by atoms with van der Waals surface area (Å²) in [6.07, 6.45) is 1.65. The van der Waals surface area contributed by atoms with Crippen molar-refractivity contribution in [1.29, 1.82) is 0 Å². The summed E-state index contributed by atoms with van der Waals surface area (Å²) in [7, 11) is 0. The summed E-state index contributed by atoms with van der Waals surface area (Å²) < 4.78 is 10.6. The zero-order valence-corrected chi connectivity index (χ0v) is 10.2. The Morgan fingerprint density at radius 3 is 2.84 bits per heavy atom. The molecule has 0 atom stereocenters. The number of aryl methyl sites for hydroxylation is 1. The molecule has 0 radical (unpaired) electrons. The van der Waals surface area contributed by atoms with Gasteiger partial charge in [-0.2, -0.15) is 4.98 Å². The second-order valence-electron chi connectivity index (χ2n) is 3.88. The Kier molecular flexibility index (Phi) is 2.81. The number of hydrogen-bond acceptors (Lipinski definition) is 7. The van der Waals surface area contributed by atoms with Crippen LogP contribution in [-0.2, 0) is 6.54 Å². The van der Waals surface area contributed by atoms with Gasteiger partial charge in [-0.1, -0.05) is 5.16 Å². The molecule has 3 rings (SSSR count). The first-order valence-corrected chi connectivity index (χ1v) is 5.69. The zero-order chi connectivity index (χ0) is 13.2. The highest BCUT2D eigenvalue weighted by Crippen LogP contribution is 2.22. The maximum Gasteiger partial charge on any atom is 0.293 e. The fourth-order valence-electron chi connectivity index (χ4n) is 1.61. The number of nitrogens with zero attached hydrogens (tertiary/aromatic N) is 4. The summed E-state index contributed by atoms with van der Waals surface area (Å²) >= 11 is 0. The summed E-state index contributed by atoms with van der Waals surface area (Å²) in [4.78, 5) is 12.5. The van der Waals surface area contributed by atoms with E-state index in [4.69, 9.17) is 14.7 Å². The molecule has 7 nitrogen and oxygen atoms in total. The molecule has 0 aliphatic rings. The number of aromatic nitrogens is 4. The fourth-order valence-corrected chi connectivity index (χ4v) is 1.61. The van der Waals surface area contributed by atoms with Gasteiger partial charge in [0.2, 0.25) is 5.82 Å². The molecule has 0 aliphatic carbocycles. The van der Waals surface area contributed by atoms with E-state index in [1.165, 1.54) is 0 Å². The van der Waals surface area contributed by atoms with Crippen LogP contribution in [-0.4, -0.2) is 20.1 Å². The van der Waals surface area contributed by atoms with E-state index in [2.05, 4.69) is 20.1 Å². The average molecular weight is 257 g/mol. The van der Waals surface area contributed by atoms with Gasteiger partial charge in [0.05, 0.1) is 6.54 Å². The van der Waals surface area contributed by atoms with E-state index in [1.54, 1.807) is 31.3 Å². The number of hydrogen-bond donors (Lipinski definition) is 1. The minimum atomic E-state index is 0.297. The molecule has 0 bridgehead atoms. The minimum Gasteiger partial charge on any atom is -0.455 e. The maximum atomic E-state index is 5.48. The van der Waals surface area contributed by atoms with Gasteiger partial charge in [0, 0.05) is 6.20 Å². The molecular weight excluding hydrogens is 246 g/mol. The molecule has 3 aromatic rings. The Morgan fingerprint density at radius 1 is 1.21 bits per heavy atom. The average Bonchev–Trinajstić information content (AvgIpc) is 3.07. The third kappa shape index (κ3) is 2.23. The summed E-state index contributed by atoms with van der Waals surface area (Å²) in [5.41, 5.74) is 6.08. The molecular formula is C12H11N5O2. The largest absolute Gasteiger partial charge is 0.455 e. The molecule has 0 fully saturated rings. The quantitative estimate of drug-likeness (QED) is 0.759. The molecule has 0 saturated heterocycles. The fraction of sp³-hybridized carbons (Fsp3) is 0.167. The summed E-state index contributed by atoms with van der Waals surface area (Å²) in [6.45, 7) is 2.12. The smallest absolute Gasteiger partial charge is 0.293 e. The van der Waals surface area contributed by atoms with Crippen LogP contribution in [0.15, 0.2) is 33.3 Å². The summed E-state index contributed by atoms with van der Waals surface area (Å²) in [6, 6.07) is 5.23. The van der Waals surface area contributed by atoms with Gasteiger partial charge in [-0.25, -0.2) is 9.97 Å². The van der Waals surface area contributed by atoms with Crippen LogP contribution in [0.25, 0.3) is 23.2 Å². The van der Waals surface area contributed by atoms with Crippen LogP contribution >= 0.6 is 0 Å². The number of furan rings is 1. The third-order valence-electron chi connectivity index (χ3n) is 2.50. The van der Waals surface area contributed by atoms with E-state index < -0.39 is 0 Å². The second kappa shape index (κ2) is 4.62. The molecule has 3 heterocycles. The molecule has 0 aromatic carbocycles. The van der Waals surface area contributed by atoms with Gasteiger partial charge >= 0.3 is 0 Å². The van der Waals surface area contributed by atoms with Crippen molar-refractivity contribution < 1.29 is 8.94 Å². The SMILES string of the molecule is Cc1nccc(-c2noc(-c3ccc(CN)o3)n2)n1. The van der Waals surface area contributed by atoms with Crippen LogP contribution in [0.3, 0.4) is 0 Å². The van der Waals surface area contributed by atoms with Crippen molar-refractivity contribution in [2.24, 2.45) is 5.73 Å². The predicted molar refractivity (Wildman–Crippen MR) is 65.7 cm³/mol. The van der Waals surface area contributed by atoms with E-state index >= 15 is 0 Å². The second-order valence-corrected chi connectivity index (χ2v) is 3.88. The van der Waals surface area contributed by atoms with Crippen molar-refractivity contribution in [3.8, 4) is 23.2 Å². The van der Waals surface area contributed by atoms with Gasteiger partial charge in [0.15, 0.2) is 5.76 Å². The molecule has 0 amide bonds. The molecule has 2 N–H and O–H groups in total. The molecule has 7 heteroatoms. The molecule has 0 aliphatic heterocycles. The molecule has 0 unspecified atom stereocenters. The van der Waals surface area contributed by atoms with Crippen molar-refractivity contribution in [2.75, 3.05) is 0 Å². The third-order valence-corrected chi connectivity index (χ3v) is 2.50. The lowest BCUT2D eigenvalue weighted by molar-refractivity contribution is 0.412. The predicted octanol–water partition coefficient (Wildman–Crippen LogP) is 1.55. The standard InChI is InChI=1S/C12H11N5O2/c1-7-14-5-4-9(15-7)11-16-12(19-17-11)10-3-2-8(6-13)18-10/h2-5H,6,13H2,1H3. The number of nitrogens with two attached hydrogens (primary N) is 1. The van der Waals surface area contributed by atoms with Crippen LogP contribution < -0.4 is 5.73 Å². The van der Waals surface area contributed by atoms with Crippen LogP contribution in [0.4, 0.5) is 0 Å². The highest BCUT2D eigenvalue weighted by atomic mass is 16.5. The molecule has 96 valence electrons. The monoisotopic (exact) mass is 257 g/mol. The van der Waals surface area contributed by atoms with E-state index in [0.29, 0.717) is 41.3 Å². The van der Waals surface area contributed by atoms with Crippen molar-refractivity contribution >= 4 is 0 Å². The topological polar surface area (TPSA) is 104 Å². The number of rotatable bonds is 3. The molecule has 0 spiro atoms. The van der Waals surface area contributed by atoms with E-state index in [-0.39, 0.29) is 0 Å². The van der Waals surface area contributed by atoms with Crippen molar-refractivity contribution in [1.82, 2.24) is 20.1 Å². The van der Waals surface area contributed by atoms with Crippen LogP contribution in [0.2, 0.25) is 0 Å². The Labute approximate surface area is 108 Å². The first kappa shape index (κ1) is 11.5. The molecule has 19 heavy (non-hydrogen) atoms. The lowest BCUT2D eigenvalue weighted by atomic mass is 10.4. The van der Waals surface area contributed by atoms with Crippen LogP contribution in [0, 0.1) is 6.92 Å². The Hall–Kier alpha value is -2.54. The van der Waals surface area contributed by atoms with E-state index in [0.717, 1.165) is 0 Å². The van der Waals surface area contributed by atoms with Gasteiger partial charge in [-0.15, -0.1) is 0 Å². The normalized spacial score (nSPS) is 10.8. The van der Waals surface area contributed by atoms with Gasteiger partial charge in [-0.05, 0) is 25.1 Å². The van der Waals surface area contributed by atoms with Crippen molar-refractivity contribution in [3.63, 3.8) is 0 Å². The van der Waals surface area contributed by atoms with Gasteiger partial charge in [0.25, 0.3) is 5.89 Å². The lowest BCUT2D eigenvalue weighted by Gasteiger charge is -1.93. The zero-order valence-electron chi connectivity index (χ0n) is 10.2. The Balaban J connectivity index is 1.95. The molecule has 0 saturated carbocycles. The Bertz CT molecular complexity index is 703. The summed E-state index contributed by atoms with van der Waals surface area (Å²) in [5.74, 6) is 2.49. The Morgan fingerprint density at radius 2 is 2.11 bits per heavy atom. The summed E-state index contributed by atoms with van der Waals surface area (Å²) in [5, 5.41) is 3.87. The van der Waals surface area contributed by atoms with E-state index in [1.807, 2.05) is 0 Å². The van der Waals surface area contributed by atoms with Gasteiger partial charge < -0.3 is 14.7 Å². The highest BCUT2D eigenvalue weighted by Gasteiger charge is 2.14. The van der Waals surface area contributed by atoms with Crippen LogP contribution in [0.5, 0.6) is 0 Å². The maximum absolute atomic E-state index is 5.48. The molecule has 3 aromatic heterocycles. The first-order chi connectivity index (χ1) is 9.26. The van der Waals surface area contributed by atoms with Crippen molar-refractivity contribution in [3.05, 3.63) is 36.0 Å². The highest BCUT2D eigenvalue weighted by molar-refractivity contribution is 5.52. The lowest BCUT2D eigenvalue weighted by Crippen LogP contribution is -1.92. The van der Waals surface area contributed by atoms with Gasteiger partial charge in [-0.3, -0.25) is 0 Å². The van der Waals surface area contributed by atoms with Crippen LogP contribution in [0.1, 0.15) is 11.6 Å². The van der Waals surface area contributed by atoms with Gasteiger partial charge in [0.1, 0.15) is 17.3 Å². The van der Waals surface area contributed by atoms with Crippen molar-refractivity contribution in [2.45, 2.75) is 13.5 Å². The van der Waals surface area contributed by atoms with E-state index in [9.17, 15) is 0 Å². The first-order valence-electron chi connectivity index (χ1n) is 5.69. The minimum absolute atomic E-state index is 0.297.